The maximum absolute atomic E-state index is 12.6. The molecule has 3 rings (SSSR count). The normalized spacial score (nSPS) is 15.0. The van der Waals surface area contributed by atoms with Crippen LogP contribution in [0.3, 0.4) is 0 Å². The van der Waals surface area contributed by atoms with Gasteiger partial charge in [0.2, 0.25) is 9.84 Å². The summed E-state index contributed by atoms with van der Waals surface area (Å²) in [6, 6.07) is 11.2. The summed E-state index contributed by atoms with van der Waals surface area (Å²) < 4.78 is 35.6. The van der Waals surface area contributed by atoms with Crippen molar-refractivity contribution in [2.45, 2.75) is 4.90 Å². The molecule has 8 heteroatoms. The first kappa shape index (κ1) is 17.1. The van der Waals surface area contributed by atoms with E-state index in [1.807, 2.05) is 0 Å². The summed E-state index contributed by atoms with van der Waals surface area (Å²) in [5.41, 5.74) is 0.921. The van der Waals surface area contributed by atoms with Crippen molar-refractivity contribution in [2.24, 2.45) is 0 Å². The van der Waals surface area contributed by atoms with Crippen LogP contribution in [-0.4, -0.2) is 22.6 Å². The quantitative estimate of drug-likeness (QED) is 0.813. The van der Waals surface area contributed by atoms with E-state index in [4.69, 9.17) is 21.1 Å². The van der Waals surface area contributed by atoms with Crippen molar-refractivity contribution in [1.82, 2.24) is 0 Å². The molecule has 128 valence electrons. The summed E-state index contributed by atoms with van der Waals surface area (Å²) in [5, 5.41) is 9.65. The van der Waals surface area contributed by atoms with E-state index in [2.05, 4.69) is 0 Å². The lowest BCUT2D eigenvalue weighted by molar-refractivity contribution is 0.394. The number of halogens is 1. The van der Waals surface area contributed by atoms with Crippen molar-refractivity contribution in [3.05, 3.63) is 52.5 Å². The molecule has 0 amide bonds. The van der Waals surface area contributed by atoms with Crippen molar-refractivity contribution >= 4 is 32.8 Å². The van der Waals surface area contributed by atoms with Crippen molar-refractivity contribution in [1.29, 1.82) is 5.26 Å². The minimum absolute atomic E-state index is 0.0118. The van der Waals surface area contributed by atoms with Crippen molar-refractivity contribution < 1.29 is 17.9 Å². The number of allylic oxidation sites excluding steroid dienone is 1. The van der Waals surface area contributed by atoms with Gasteiger partial charge >= 0.3 is 0 Å². The van der Waals surface area contributed by atoms with Gasteiger partial charge in [-0.1, -0.05) is 11.6 Å². The van der Waals surface area contributed by atoms with Crippen molar-refractivity contribution in [2.75, 3.05) is 19.1 Å². The Morgan fingerprint density at radius 2 is 1.72 bits per heavy atom. The molecule has 0 N–H and O–H groups in total. The lowest BCUT2D eigenvalue weighted by Gasteiger charge is -2.28. The van der Waals surface area contributed by atoms with Crippen LogP contribution in [0, 0.1) is 11.3 Å². The fraction of sp³-hybridized carbons (Fsp3) is 0.118. The van der Waals surface area contributed by atoms with E-state index >= 15 is 0 Å². The number of anilines is 2. The number of hydrogen-bond acceptors (Lipinski definition) is 6. The maximum Gasteiger partial charge on any atom is 0.220 e. The third-order valence-corrected chi connectivity index (χ3v) is 5.67. The van der Waals surface area contributed by atoms with Crippen LogP contribution in [-0.2, 0) is 9.84 Å². The Balaban J connectivity index is 2.30. The maximum atomic E-state index is 12.6. The molecular weight excluding hydrogens is 364 g/mol. The Kier molecular flexibility index (Phi) is 4.33. The number of fused-ring (bicyclic) bond motifs is 1. The van der Waals surface area contributed by atoms with Gasteiger partial charge in [0.05, 0.1) is 30.5 Å². The average molecular weight is 377 g/mol. The smallest absolute Gasteiger partial charge is 0.220 e. The first-order valence-corrected chi connectivity index (χ1v) is 8.95. The van der Waals surface area contributed by atoms with E-state index in [-0.39, 0.29) is 9.80 Å². The fourth-order valence-corrected chi connectivity index (χ4v) is 3.96. The molecule has 0 radical (unpaired) electrons. The molecule has 0 fully saturated rings. The first-order chi connectivity index (χ1) is 11.9. The van der Waals surface area contributed by atoms with Crippen molar-refractivity contribution in [3.8, 4) is 17.6 Å². The van der Waals surface area contributed by atoms with Crippen LogP contribution in [0.5, 0.6) is 11.5 Å². The molecule has 0 aromatic heterocycles. The van der Waals surface area contributed by atoms with Crippen LogP contribution in [0.15, 0.2) is 52.4 Å². The molecule has 1 heterocycles. The van der Waals surface area contributed by atoms with E-state index in [9.17, 15) is 13.7 Å². The number of benzene rings is 2. The molecule has 0 spiro atoms. The molecular formula is C17H13ClN2O4S. The van der Waals surface area contributed by atoms with Gasteiger partial charge in [0.15, 0.2) is 4.91 Å². The zero-order valence-electron chi connectivity index (χ0n) is 13.4. The SMILES string of the molecule is COc1cc(OC)cc(N2C=C(C#N)S(=O)(=O)c3ccc(Cl)cc32)c1. The van der Waals surface area contributed by atoms with E-state index < -0.39 is 9.84 Å². The zero-order valence-corrected chi connectivity index (χ0v) is 14.9. The van der Waals surface area contributed by atoms with Gasteiger partial charge in [-0.25, -0.2) is 8.42 Å². The van der Waals surface area contributed by atoms with Gasteiger partial charge in [0, 0.05) is 29.4 Å². The predicted molar refractivity (Wildman–Crippen MR) is 94.0 cm³/mol. The highest BCUT2D eigenvalue weighted by atomic mass is 35.5. The van der Waals surface area contributed by atoms with Crippen molar-refractivity contribution in [3.63, 3.8) is 0 Å². The second kappa shape index (κ2) is 6.31. The Morgan fingerprint density at radius 1 is 1.08 bits per heavy atom. The molecule has 1 aliphatic heterocycles. The van der Waals surface area contributed by atoms with Crippen LogP contribution < -0.4 is 14.4 Å². The molecule has 2 aromatic carbocycles. The number of ether oxygens (including phenoxy) is 2. The Bertz CT molecular complexity index is 1000. The molecule has 6 nitrogen and oxygen atoms in total. The average Bonchev–Trinajstić information content (AvgIpc) is 2.61. The summed E-state index contributed by atoms with van der Waals surface area (Å²) in [6.07, 6.45) is 1.27. The summed E-state index contributed by atoms with van der Waals surface area (Å²) in [5.74, 6) is 1.05. The van der Waals surface area contributed by atoms with Gasteiger partial charge in [-0.3, -0.25) is 0 Å². The van der Waals surface area contributed by atoms with Crippen LogP contribution in [0.1, 0.15) is 0 Å². The van der Waals surface area contributed by atoms with E-state index in [0.29, 0.717) is 27.9 Å². The molecule has 0 aliphatic carbocycles. The highest BCUT2D eigenvalue weighted by Crippen LogP contribution is 2.42. The zero-order chi connectivity index (χ0) is 18.2. The monoisotopic (exact) mass is 376 g/mol. The van der Waals surface area contributed by atoms with E-state index in [1.54, 1.807) is 29.2 Å². The highest BCUT2D eigenvalue weighted by Gasteiger charge is 2.32. The Hall–Kier alpha value is -2.69. The van der Waals surface area contributed by atoms with E-state index in [1.165, 1.54) is 38.6 Å². The standard InChI is InChI=1S/C17H13ClN2O4S/c1-23-13-6-12(7-14(8-13)24-2)20-10-15(9-19)25(21,22)17-4-3-11(18)5-16(17)20/h3-8,10H,1-2H3. The molecule has 0 saturated heterocycles. The van der Waals surface area contributed by atoms with Gasteiger partial charge in [-0.05, 0) is 18.2 Å². The summed E-state index contributed by atoms with van der Waals surface area (Å²) in [6.45, 7) is 0. The number of rotatable bonds is 3. The summed E-state index contributed by atoms with van der Waals surface area (Å²) in [7, 11) is -0.856. The van der Waals surface area contributed by atoms with Crippen LogP contribution >= 0.6 is 11.6 Å². The number of methoxy groups -OCH3 is 2. The second-order valence-electron chi connectivity index (χ2n) is 5.16. The molecule has 0 atom stereocenters. The molecule has 1 aliphatic rings. The van der Waals surface area contributed by atoms with Crippen LogP contribution in [0.4, 0.5) is 11.4 Å². The third-order valence-electron chi connectivity index (χ3n) is 3.73. The predicted octanol–water partition coefficient (Wildman–Crippen LogP) is 3.65. The largest absolute Gasteiger partial charge is 0.497 e. The summed E-state index contributed by atoms with van der Waals surface area (Å²) in [4.78, 5) is 1.23. The Morgan fingerprint density at radius 3 is 2.28 bits per heavy atom. The van der Waals surface area contributed by atoms with Gasteiger partial charge < -0.3 is 14.4 Å². The van der Waals surface area contributed by atoms with Gasteiger partial charge in [-0.15, -0.1) is 0 Å². The minimum atomic E-state index is -3.88. The summed E-state index contributed by atoms with van der Waals surface area (Å²) >= 11 is 6.05. The first-order valence-electron chi connectivity index (χ1n) is 7.09. The Labute approximate surface area is 150 Å². The van der Waals surface area contributed by atoms with Gasteiger partial charge in [-0.2, -0.15) is 5.26 Å². The van der Waals surface area contributed by atoms with Crippen LogP contribution in [0.2, 0.25) is 5.02 Å². The molecule has 0 bridgehead atoms. The van der Waals surface area contributed by atoms with E-state index in [0.717, 1.165) is 0 Å². The third kappa shape index (κ3) is 2.90. The fourth-order valence-electron chi connectivity index (χ4n) is 2.51. The van der Waals surface area contributed by atoms with Gasteiger partial charge in [0.25, 0.3) is 0 Å². The number of sulfone groups is 1. The minimum Gasteiger partial charge on any atom is -0.497 e. The second-order valence-corrected chi connectivity index (χ2v) is 7.48. The lowest BCUT2D eigenvalue weighted by Crippen LogP contribution is -2.21. The molecule has 2 aromatic rings. The molecule has 0 saturated carbocycles. The number of nitriles is 1. The highest BCUT2D eigenvalue weighted by molar-refractivity contribution is 7.95. The lowest BCUT2D eigenvalue weighted by atomic mass is 10.2. The number of nitrogens with zero attached hydrogens (tertiary/aromatic N) is 2. The molecule has 0 unspecified atom stereocenters. The number of hydrogen-bond donors (Lipinski definition) is 0. The van der Waals surface area contributed by atoms with Crippen LogP contribution in [0.25, 0.3) is 0 Å². The van der Waals surface area contributed by atoms with Gasteiger partial charge in [0.1, 0.15) is 17.6 Å². The molecule has 25 heavy (non-hydrogen) atoms. The topological polar surface area (TPSA) is 79.6 Å².